The van der Waals surface area contributed by atoms with Gasteiger partial charge in [0, 0.05) is 48.8 Å². The fraction of sp³-hybridized carbons (Fsp3) is 0.520. The number of benzene rings is 1. The lowest BCUT2D eigenvalue weighted by Gasteiger charge is -2.43. The number of carbonyl (C=O) groups is 3. The molecule has 0 unspecified atom stereocenters. The number of aliphatic carboxylic acids is 1. The summed E-state index contributed by atoms with van der Waals surface area (Å²) in [5.74, 6) is -1.50. The van der Waals surface area contributed by atoms with E-state index in [0.29, 0.717) is 0 Å². The second-order valence-electron chi connectivity index (χ2n) is 10.3. The number of aromatic amines is 1. The number of imide groups is 1. The molecular weight excluding hydrogens is 486 g/mol. The standard InChI is InChI=1S/C25H27N3O5S2/c1-27(2)12-7-5-11(6-8-12)16-17-13-10-14(20(17)34-22-21(16)35-25(33)26-22)19-18(13)23(31)28(24(19)32)9-3-4-15(29)30/h5-8,13-14,16-20H,3-4,9-10H2,1-2H3,(H,26,33)(H,29,30)/t13-,14+,16-,17-,18+,19-,20-/m1/s1. The number of rotatable bonds is 6. The number of hydrogen-bond acceptors (Lipinski definition) is 7. The van der Waals surface area contributed by atoms with E-state index in [4.69, 9.17) is 5.11 Å². The van der Waals surface area contributed by atoms with Crippen LogP contribution in [0, 0.1) is 29.6 Å². The van der Waals surface area contributed by atoms with Gasteiger partial charge in [0.1, 0.15) is 0 Å². The van der Waals surface area contributed by atoms with E-state index in [1.807, 2.05) is 19.0 Å². The van der Waals surface area contributed by atoms with E-state index < -0.39 is 5.97 Å². The summed E-state index contributed by atoms with van der Waals surface area (Å²) in [7, 11) is 4.00. The molecule has 4 aliphatic rings. The van der Waals surface area contributed by atoms with Crippen LogP contribution in [0.5, 0.6) is 0 Å². The Morgan fingerprint density at radius 3 is 2.46 bits per heavy atom. The smallest absolute Gasteiger partial charge is 0.305 e. The predicted octanol–water partition coefficient (Wildman–Crippen LogP) is 2.84. The fourth-order valence-corrected chi connectivity index (χ4v) is 9.93. The van der Waals surface area contributed by atoms with Gasteiger partial charge in [-0.1, -0.05) is 23.5 Å². The zero-order chi connectivity index (χ0) is 24.6. The summed E-state index contributed by atoms with van der Waals surface area (Å²) in [6.45, 7) is 0.176. The van der Waals surface area contributed by atoms with Crippen LogP contribution < -0.4 is 9.77 Å². The lowest BCUT2D eigenvalue weighted by molar-refractivity contribution is -0.142. The highest BCUT2D eigenvalue weighted by molar-refractivity contribution is 8.00. The largest absolute Gasteiger partial charge is 0.481 e. The Labute approximate surface area is 210 Å². The molecule has 2 bridgehead atoms. The second-order valence-corrected chi connectivity index (χ2v) is 12.5. The number of hydrogen-bond donors (Lipinski definition) is 2. The predicted molar refractivity (Wildman–Crippen MR) is 133 cm³/mol. The highest BCUT2D eigenvalue weighted by Gasteiger charge is 2.69. The number of likely N-dealkylation sites (tertiary alicyclic amines) is 1. The van der Waals surface area contributed by atoms with Crippen molar-refractivity contribution in [2.75, 3.05) is 25.5 Å². The average molecular weight is 514 g/mol. The Balaban J connectivity index is 1.36. The molecule has 0 radical (unpaired) electrons. The number of anilines is 1. The molecule has 2 amide bonds. The number of thioether (sulfide) groups is 1. The van der Waals surface area contributed by atoms with Crippen LogP contribution >= 0.6 is 23.1 Å². The minimum atomic E-state index is -0.921. The van der Waals surface area contributed by atoms with Crippen molar-refractivity contribution in [3.05, 3.63) is 44.4 Å². The Kier molecular flexibility index (Phi) is 5.37. The molecule has 2 aliphatic carbocycles. The number of H-pyrrole nitrogens is 1. The Morgan fingerprint density at radius 2 is 1.80 bits per heavy atom. The summed E-state index contributed by atoms with van der Waals surface area (Å²) >= 11 is 2.94. The van der Waals surface area contributed by atoms with Crippen molar-refractivity contribution in [3.63, 3.8) is 0 Å². The summed E-state index contributed by atoms with van der Waals surface area (Å²) in [6, 6.07) is 8.44. The molecule has 35 heavy (non-hydrogen) atoms. The van der Waals surface area contributed by atoms with E-state index in [9.17, 15) is 19.2 Å². The molecule has 2 N–H and O–H groups in total. The maximum absolute atomic E-state index is 13.4. The van der Waals surface area contributed by atoms with Crippen LogP contribution in [0.25, 0.3) is 0 Å². The van der Waals surface area contributed by atoms with Crippen molar-refractivity contribution in [3.8, 4) is 0 Å². The highest BCUT2D eigenvalue weighted by atomic mass is 32.2. The van der Waals surface area contributed by atoms with Gasteiger partial charge in [-0.25, -0.2) is 0 Å². The minimum Gasteiger partial charge on any atom is -0.481 e. The molecule has 0 spiro atoms. The molecule has 8 nitrogen and oxygen atoms in total. The summed E-state index contributed by atoms with van der Waals surface area (Å²) in [5, 5.41) is 10.0. The maximum Gasteiger partial charge on any atom is 0.305 e. The van der Waals surface area contributed by atoms with Crippen LogP contribution in [0.2, 0.25) is 0 Å². The molecule has 3 fully saturated rings. The van der Waals surface area contributed by atoms with Crippen molar-refractivity contribution < 1.29 is 19.5 Å². The van der Waals surface area contributed by atoms with Gasteiger partial charge in [0.05, 0.1) is 16.9 Å². The first-order valence-electron chi connectivity index (χ1n) is 12.0. The third kappa shape index (κ3) is 3.40. The quantitative estimate of drug-likeness (QED) is 0.572. The Morgan fingerprint density at radius 1 is 1.11 bits per heavy atom. The number of carboxylic acids is 1. The monoisotopic (exact) mass is 513 g/mol. The first kappa shape index (κ1) is 22.8. The molecule has 2 aromatic rings. The summed E-state index contributed by atoms with van der Waals surface area (Å²) in [4.78, 5) is 57.4. The zero-order valence-electron chi connectivity index (χ0n) is 19.5. The fourth-order valence-electron chi connectivity index (χ4n) is 7.04. The summed E-state index contributed by atoms with van der Waals surface area (Å²) < 4.78 is 0. The van der Waals surface area contributed by atoms with Crippen molar-refractivity contribution in [2.24, 2.45) is 29.6 Å². The van der Waals surface area contributed by atoms with Crippen molar-refractivity contribution >= 4 is 46.6 Å². The number of aromatic nitrogens is 1. The highest BCUT2D eigenvalue weighted by Crippen LogP contribution is 2.68. The molecule has 6 rings (SSSR count). The van der Waals surface area contributed by atoms with Crippen molar-refractivity contribution in [2.45, 2.75) is 35.5 Å². The van der Waals surface area contributed by atoms with Gasteiger partial charge in [-0.05, 0) is 48.3 Å². The van der Waals surface area contributed by atoms with E-state index >= 15 is 0 Å². The number of amides is 2. The van der Waals surface area contributed by atoms with Crippen molar-refractivity contribution in [1.82, 2.24) is 9.88 Å². The topological polar surface area (TPSA) is 111 Å². The van der Waals surface area contributed by atoms with E-state index in [1.54, 1.807) is 11.8 Å². The van der Waals surface area contributed by atoms with Gasteiger partial charge in [0.25, 0.3) is 0 Å². The van der Waals surface area contributed by atoms with E-state index in [2.05, 4.69) is 29.2 Å². The second kappa shape index (κ2) is 8.23. The molecule has 3 heterocycles. The van der Waals surface area contributed by atoms with Crippen LogP contribution in [0.3, 0.4) is 0 Å². The van der Waals surface area contributed by atoms with Gasteiger partial charge in [0.2, 0.25) is 11.8 Å². The number of thiazole rings is 1. The van der Waals surface area contributed by atoms with Gasteiger partial charge < -0.3 is 15.0 Å². The van der Waals surface area contributed by atoms with Gasteiger partial charge in [0.15, 0.2) is 0 Å². The molecule has 10 heteroatoms. The summed E-state index contributed by atoms with van der Waals surface area (Å²) in [5.41, 5.74) is 2.24. The molecule has 184 valence electrons. The number of nitrogens with zero attached hydrogens (tertiary/aromatic N) is 2. The van der Waals surface area contributed by atoms with Gasteiger partial charge in [-0.3, -0.25) is 24.1 Å². The SMILES string of the molecule is CN(C)c1ccc([C@H]2c3sc(=O)[nH]c3S[C@@H]3[C@H]4C[C@@H]([C@@H]5C(=O)N(CCCC(=O)O)C(=O)[C@H]45)[C@H]23)cc1. The summed E-state index contributed by atoms with van der Waals surface area (Å²) in [6.07, 6.45) is 1.07. The number of nitrogens with one attached hydrogen (secondary N) is 1. The molecule has 1 aromatic heterocycles. The number of carbonyl (C=O) groups excluding carboxylic acids is 2. The number of fused-ring (bicyclic) bond motifs is 9. The first-order valence-corrected chi connectivity index (χ1v) is 13.7. The Bertz CT molecular complexity index is 1270. The third-order valence-corrected chi connectivity index (χ3v) is 10.9. The zero-order valence-corrected chi connectivity index (χ0v) is 21.1. The molecule has 2 saturated carbocycles. The van der Waals surface area contributed by atoms with E-state index in [-0.39, 0.29) is 76.8 Å². The Hall–Kier alpha value is -2.59. The van der Waals surface area contributed by atoms with E-state index in [1.165, 1.54) is 16.2 Å². The minimum absolute atomic E-state index is 0.0105. The molecule has 1 saturated heterocycles. The lowest BCUT2D eigenvalue weighted by atomic mass is 9.68. The number of carboxylic acid groups (broad SMARTS) is 1. The van der Waals surface area contributed by atoms with Crippen LogP contribution in [0.4, 0.5) is 5.69 Å². The van der Waals surface area contributed by atoms with Crippen molar-refractivity contribution in [1.29, 1.82) is 0 Å². The lowest BCUT2D eigenvalue weighted by Crippen LogP contribution is -2.42. The van der Waals surface area contributed by atoms with Crippen LogP contribution in [0.15, 0.2) is 34.1 Å². The van der Waals surface area contributed by atoms with Crippen LogP contribution in [0.1, 0.15) is 35.6 Å². The molecular formula is C25H27N3O5S2. The normalized spacial score (nSPS) is 32.5. The molecule has 7 atom stereocenters. The van der Waals surface area contributed by atoms with Gasteiger partial charge in [-0.15, -0.1) is 11.8 Å². The van der Waals surface area contributed by atoms with Crippen LogP contribution in [-0.4, -0.2) is 58.7 Å². The van der Waals surface area contributed by atoms with Crippen LogP contribution in [-0.2, 0) is 14.4 Å². The average Bonchev–Trinajstić information content (AvgIpc) is 3.54. The molecule has 1 aromatic carbocycles. The van der Waals surface area contributed by atoms with Gasteiger partial charge >= 0.3 is 10.8 Å². The molecule has 2 aliphatic heterocycles. The maximum atomic E-state index is 13.4. The van der Waals surface area contributed by atoms with E-state index in [0.717, 1.165) is 27.6 Å². The first-order chi connectivity index (χ1) is 16.8. The van der Waals surface area contributed by atoms with Gasteiger partial charge in [-0.2, -0.15) is 0 Å². The third-order valence-electron chi connectivity index (χ3n) is 8.36.